The van der Waals surface area contributed by atoms with Crippen LogP contribution in [0.1, 0.15) is 23.8 Å². The molecule has 17 heavy (non-hydrogen) atoms. The van der Waals surface area contributed by atoms with Crippen LogP contribution in [0.2, 0.25) is 0 Å². The van der Waals surface area contributed by atoms with Crippen LogP contribution >= 0.6 is 15.9 Å². The van der Waals surface area contributed by atoms with Gasteiger partial charge in [0, 0.05) is 23.5 Å². The fourth-order valence-electron chi connectivity index (χ4n) is 1.91. The van der Waals surface area contributed by atoms with Crippen LogP contribution in [-0.4, -0.2) is 17.0 Å². The number of carbonyl (C=O) groups is 1. The van der Waals surface area contributed by atoms with Gasteiger partial charge in [-0.2, -0.15) is 0 Å². The van der Waals surface area contributed by atoms with Crippen molar-refractivity contribution in [3.05, 3.63) is 34.4 Å². The molecule has 1 aromatic heterocycles. The number of hydrogen-bond acceptors (Lipinski definition) is 1. The summed E-state index contributed by atoms with van der Waals surface area (Å²) in [6.45, 7) is 2.75. The second-order valence-corrected chi connectivity index (χ2v) is 4.88. The van der Waals surface area contributed by atoms with Crippen molar-refractivity contribution in [2.24, 2.45) is 7.05 Å². The van der Waals surface area contributed by atoms with Crippen molar-refractivity contribution in [1.29, 1.82) is 0 Å². The van der Waals surface area contributed by atoms with Gasteiger partial charge in [-0.3, -0.25) is 4.79 Å². The van der Waals surface area contributed by atoms with Crippen LogP contribution in [0.5, 0.6) is 0 Å². The van der Waals surface area contributed by atoms with Crippen molar-refractivity contribution in [1.82, 2.24) is 9.88 Å². The van der Waals surface area contributed by atoms with Crippen molar-refractivity contribution in [3.8, 4) is 0 Å². The molecule has 0 fully saturated rings. The summed E-state index contributed by atoms with van der Waals surface area (Å²) in [4.78, 5) is 12.0. The highest BCUT2D eigenvalue weighted by molar-refractivity contribution is 9.10. The number of carbonyl (C=O) groups excluding carboxylic acids is 1. The molecule has 0 saturated heterocycles. The number of nitrogens with zero attached hydrogens (tertiary/aromatic N) is 1. The number of fused-ring (bicyclic) bond motifs is 1. The Bertz CT molecular complexity index is 560. The highest BCUT2D eigenvalue weighted by Gasteiger charge is 2.13. The molecule has 0 bridgehead atoms. The molecule has 3 nitrogen and oxygen atoms in total. The lowest BCUT2D eigenvalue weighted by atomic mass is 10.2. The van der Waals surface area contributed by atoms with Gasteiger partial charge in [-0.1, -0.05) is 19.1 Å². The Kier molecular flexibility index (Phi) is 3.52. The van der Waals surface area contributed by atoms with E-state index in [2.05, 4.69) is 21.2 Å². The summed E-state index contributed by atoms with van der Waals surface area (Å²) in [5.74, 6) is -0.0162. The van der Waals surface area contributed by atoms with Gasteiger partial charge in [-0.25, -0.2) is 0 Å². The Morgan fingerprint density at radius 2 is 2.24 bits per heavy atom. The monoisotopic (exact) mass is 294 g/mol. The zero-order chi connectivity index (χ0) is 12.4. The number of aromatic nitrogens is 1. The number of aryl methyl sites for hydroxylation is 1. The largest absolute Gasteiger partial charge is 0.351 e. The number of halogens is 1. The fourth-order valence-corrected chi connectivity index (χ4v) is 2.56. The number of amides is 1. The second-order valence-electron chi connectivity index (χ2n) is 4.02. The topological polar surface area (TPSA) is 34.0 Å². The van der Waals surface area contributed by atoms with Crippen LogP contribution in [0.3, 0.4) is 0 Å². The normalized spacial score (nSPS) is 10.8. The van der Waals surface area contributed by atoms with Crippen molar-refractivity contribution >= 4 is 32.7 Å². The molecule has 0 aliphatic heterocycles. The molecule has 0 saturated carbocycles. The summed E-state index contributed by atoms with van der Waals surface area (Å²) in [7, 11) is 1.91. The molecule has 0 unspecified atom stereocenters. The fraction of sp³-hybridized carbons (Fsp3) is 0.308. The van der Waals surface area contributed by atoms with Gasteiger partial charge in [-0.05, 0) is 34.5 Å². The summed E-state index contributed by atoms with van der Waals surface area (Å²) < 4.78 is 2.93. The molecule has 1 N–H and O–H groups in total. The molecular weight excluding hydrogens is 280 g/mol. The van der Waals surface area contributed by atoms with Crippen LogP contribution < -0.4 is 5.32 Å². The molecule has 0 spiro atoms. The van der Waals surface area contributed by atoms with Crippen LogP contribution in [0.4, 0.5) is 0 Å². The lowest BCUT2D eigenvalue weighted by Gasteiger charge is -2.05. The van der Waals surface area contributed by atoms with E-state index in [0.29, 0.717) is 12.2 Å². The quantitative estimate of drug-likeness (QED) is 0.927. The third-order valence-electron chi connectivity index (χ3n) is 2.78. The van der Waals surface area contributed by atoms with Crippen LogP contribution in [0, 0.1) is 0 Å². The maximum Gasteiger partial charge on any atom is 0.267 e. The first-order valence-electron chi connectivity index (χ1n) is 5.67. The van der Waals surface area contributed by atoms with Gasteiger partial charge in [0.15, 0.2) is 0 Å². The predicted octanol–water partition coefficient (Wildman–Crippen LogP) is 3.08. The highest BCUT2D eigenvalue weighted by Crippen LogP contribution is 2.26. The molecule has 1 heterocycles. The summed E-state index contributed by atoms with van der Waals surface area (Å²) in [5.41, 5.74) is 1.74. The summed E-state index contributed by atoms with van der Waals surface area (Å²) in [6.07, 6.45) is 0.944. The molecule has 2 rings (SSSR count). The van der Waals surface area contributed by atoms with E-state index in [4.69, 9.17) is 0 Å². The lowest BCUT2D eigenvalue weighted by molar-refractivity contribution is 0.0946. The van der Waals surface area contributed by atoms with Gasteiger partial charge >= 0.3 is 0 Å². The summed E-state index contributed by atoms with van der Waals surface area (Å²) >= 11 is 3.51. The summed E-state index contributed by atoms with van der Waals surface area (Å²) in [5, 5.41) is 3.97. The van der Waals surface area contributed by atoms with Gasteiger partial charge in [0.1, 0.15) is 5.69 Å². The minimum atomic E-state index is -0.0162. The van der Waals surface area contributed by atoms with E-state index in [1.807, 2.05) is 42.8 Å². The molecule has 90 valence electrons. The predicted molar refractivity (Wildman–Crippen MR) is 73.2 cm³/mol. The molecule has 4 heteroatoms. The first-order valence-corrected chi connectivity index (χ1v) is 6.46. The molecule has 2 aromatic rings. The number of hydrogen-bond donors (Lipinski definition) is 1. The van der Waals surface area contributed by atoms with E-state index < -0.39 is 0 Å². The average molecular weight is 295 g/mol. The molecule has 0 atom stereocenters. The third kappa shape index (κ3) is 2.22. The van der Waals surface area contributed by atoms with Crippen molar-refractivity contribution < 1.29 is 4.79 Å². The van der Waals surface area contributed by atoms with Crippen molar-refractivity contribution in [2.75, 3.05) is 6.54 Å². The number of benzene rings is 1. The zero-order valence-electron chi connectivity index (χ0n) is 9.96. The number of para-hydroxylation sites is 1. The van der Waals surface area contributed by atoms with Gasteiger partial charge < -0.3 is 9.88 Å². The smallest absolute Gasteiger partial charge is 0.267 e. The van der Waals surface area contributed by atoms with Crippen molar-refractivity contribution in [2.45, 2.75) is 13.3 Å². The Hall–Kier alpha value is -1.29. The minimum Gasteiger partial charge on any atom is -0.351 e. The highest BCUT2D eigenvalue weighted by atomic mass is 79.9. The Balaban J connectivity index is 2.46. The molecule has 0 aliphatic rings. The van der Waals surface area contributed by atoms with Crippen LogP contribution in [0.15, 0.2) is 28.7 Å². The zero-order valence-corrected chi connectivity index (χ0v) is 11.5. The molecule has 1 aromatic carbocycles. The Morgan fingerprint density at radius 1 is 1.47 bits per heavy atom. The summed E-state index contributed by atoms with van der Waals surface area (Å²) in [6, 6.07) is 7.89. The third-order valence-corrected chi connectivity index (χ3v) is 3.42. The Morgan fingerprint density at radius 3 is 2.88 bits per heavy atom. The van der Waals surface area contributed by atoms with E-state index in [1.54, 1.807) is 0 Å². The second kappa shape index (κ2) is 4.92. The van der Waals surface area contributed by atoms with Crippen LogP contribution in [0.25, 0.3) is 10.9 Å². The first-order chi connectivity index (χ1) is 8.15. The van der Waals surface area contributed by atoms with E-state index >= 15 is 0 Å². The SMILES string of the molecule is CCCNC(=O)c1cc2cccc(Br)c2n1C. The molecular formula is C13H15BrN2O. The van der Waals surface area contributed by atoms with E-state index in [-0.39, 0.29) is 5.91 Å². The van der Waals surface area contributed by atoms with E-state index in [0.717, 1.165) is 21.8 Å². The van der Waals surface area contributed by atoms with Gasteiger partial charge in [-0.15, -0.1) is 0 Å². The lowest BCUT2D eigenvalue weighted by Crippen LogP contribution is -2.25. The maximum atomic E-state index is 12.0. The number of rotatable bonds is 3. The van der Waals surface area contributed by atoms with Gasteiger partial charge in [0.2, 0.25) is 0 Å². The minimum absolute atomic E-state index is 0.0162. The molecule has 0 radical (unpaired) electrons. The Labute approximate surface area is 109 Å². The standard InChI is InChI=1S/C13H15BrN2O/c1-3-7-15-13(17)11-8-9-5-4-6-10(14)12(9)16(11)2/h4-6,8H,3,7H2,1-2H3,(H,15,17). The number of nitrogens with one attached hydrogen (secondary N) is 1. The molecule has 0 aliphatic carbocycles. The maximum absolute atomic E-state index is 12.0. The first kappa shape index (κ1) is 12.2. The van der Waals surface area contributed by atoms with E-state index in [9.17, 15) is 4.79 Å². The van der Waals surface area contributed by atoms with Gasteiger partial charge in [0.25, 0.3) is 5.91 Å². The molecule has 1 amide bonds. The van der Waals surface area contributed by atoms with E-state index in [1.165, 1.54) is 0 Å². The van der Waals surface area contributed by atoms with Gasteiger partial charge in [0.05, 0.1) is 5.52 Å². The van der Waals surface area contributed by atoms with Crippen molar-refractivity contribution in [3.63, 3.8) is 0 Å². The average Bonchev–Trinajstić information content (AvgIpc) is 2.65. The van der Waals surface area contributed by atoms with Crippen LogP contribution in [-0.2, 0) is 7.05 Å².